The van der Waals surface area contributed by atoms with Crippen LogP contribution in [0.15, 0.2) is 48.5 Å². The lowest BCUT2D eigenvalue weighted by Crippen LogP contribution is -2.47. The zero-order valence-electron chi connectivity index (χ0n) is 15.7. The van der Waals surface area contributed by atoms with Gasteiger partial charge in [0, 0.05) is 38.0 Å². The minimum atomic E-state index is -0.329. The van der Waals surface area contributed by atoms with E-state index in [1.165, 1.54) is 13.0 Å². The SMILES string of the molecule is CC(=O)N1C[C@H](C(=O)NCc2ccccc2F)C[C@@H](c2cccc(C)c2)C1. The fourth-order valence-electron chi connectivity index (χ4n) is 3.68. The van der Waals surface area contributed by atoms with Crippen LogP contribution in [0, 0.1) is 18.7 Å². The number of hydrogen-bond donors (Lipinski definition) is 1. The van der Waals surface area contributed by atoms with Crippen LogP contribution in [0.1, 0.15) is 36.0 Å². The van der Waals surface area contributed by atoms with E-state index in [0.717, 1.165) is 11.1 Å². The average molecular weight is 368 g/mol. The molecule has 4 nitrogen and oxygen atoms in total. The lowest BCUT2D eigenvalue weighted by atomic mass is 9.83. The Morgan fingerprint density at radius 3 is 2.63 bits per heavy atom. The van der Waals surface area contributed by atoms with Gasteiger partial charge < -0.3 is 10.2 Å². The fraction of sp³-hybridized carbons (Fsp3) is 0.364. The maximum Gasteiger partial charge on any atom is 0.225 e. The summed E-state index contributed by atoms with van der Waals surface area (Å²) in [6.07, 6.45) is 0.677. The summed E-state index contributed by atoms with van der Waals surface area (Å²) in [7, 11) is 0. The summed E-state index contributed by atoms with van der Waals surface area (Å²) >= 11 is 0. The molecule has 3 rings (SSSR count). The normalized spacial score (nSPS) is 19.6. The number of amides is 2. The largest absolute Gasteiger partial charge is 0.352 e. The molecule has 0 radical (unpaired) electrons. The molecule has 1 heterocycles. The van der Waals surface area contributed by atoms with Crippen LogP contribution >= 0.6 is 0 Å². The molecule has 2 atom stereocenters. The van der Waals surface area contributed by atoms with Crippen LogP contribution in [-0.2, 0) is 16.1 Å². The third-order valence-corrected chi connectivity index (χ3v) is 5.19. The lowest BCUT2D eigenvalue weighted by molar-refractivity contribution is -0.134. The van der Waals surface area contributed by atoms with Gasteiger partial charge in [-0.2, -0.15) is 0 Å². The van der Waals surface area contributed by atoms with Gasteiger partial charge in [-0.1, -0.05) is 48.0 Å². The van der Waals surface area contributed by atoms with Crippen molar-refractivity contribution in [3.05, 3.63) is 71.0 Å². The quantitative estimate of drug-likeness (QED) is 0.899. The number of nitrogens with zero attached hydrogens (tertiary/aromatic N) is 1. The summed E-state index contributed by atoms with van der Waals surface area (Å²) in [6.45, 7) is 4.74. The maximum atomic E-state index is 13.8. The molecular weight excluding hydrogens is 343 g/mol. The van der Waals surface area contributed by atoms with E-state index in [1.54, 1.807) is 23.1 Å². The molecule has 0 bridgehead atoms. The molecule has 1 aliphatic rings. The second-order valence-electron chi connectivity index (χ2n) is 7.28. The van der Waals surface area contributed by atoms with Crippen molar-refractivity contribution in [1.82, 2.24) is 10.2 Å². The van der Waals surface area contributed by atoms with E-state index < -0.39 is 0 Å². The number of halogens is 1. The molecule has 142 valence electrons. The first-order chi connectivity index (χ1) is 12.9. The summed E-state index contributed by atoms with van der Waals surface area (Å²) in [6, 6.07) is 14.6. The topological polar surface area (TPSA) is 49.4 Å². The first kappa shape index (κ1) is 19.1. The zero-order chi connectivity index (χ0) is 19.4. The van der Waals surface area contributed by atoms with E-state index >= 15 is 0 Å². The van der Waals surface area contributed by atoms with Crippen molar-refractivity contribution in [3.63, 3.8) is 0 Å². The highest BCUT2D eigenvalue weighted by molar-refractivity contribution is 5.81. The first-order valence-electron chi connectivity index (χ1n) is 9.27. The summed E-state index contributed by atoms with van der Waals surface area (Å²) in [5.41, 5.74) is 2.76. The molecular formula is C22H25FN2O2. The summed E-state index contributed by atoms with van der Waals surface area (Å²) in [4.78, 5) is 26.4. The Hall–Kier alpha value is -2.69. The van der Waals surface area contributed by atoms with Crippen LogP contribution in [0.5, 0.6) is 0 Å². The summed E-state index contributed by atoms with van der Waals surface area (Å²) in [5, 5.41) is 2.84. The molecule has 1 N–H and O–H groups in total. The lowest BCUT2D eigenvalue weighted by Gasteiger charge is -2.37. The third-order valence-electron chi connectivity index (χ3n) is 5.19. The molecule has 2 aromatic rings. The highest BCUT2D eigenvalue weighted by atomic mass is 19.1. The van der Waals surface area contributed by atoms with Gasteiger partial charge in [0.15, 0.2) is 0 Å². The van der Waals surface area contributed by atoms with E-state index in [2.05, 4.69) is 17.4 Å². The van der Waals surface area contributed by atoms with Gasteiger partial charge in [0.2, 0.25) is 11.8 Å². The molecule has 0 spiro atoms. The van der Waals surface area contributed by atoms with E-state index in [4.69, 9.17) is 0 Å². The summed E-state index contributed by atoms with van der Waals surface area (Å²) in [5.74, 6) is -0.683. The second-order valence-corrected chi connectivity index (χ2v) is 7.28. The van der Waals surface area contributed by atoms with Gasteiger partial charge in [0.1, 0.15) is 5.82 Å². The number of likely N-dealkylation sites (tertiary alicyclic amines) is 1. The average Bonchev–Trinajstić information content (AvgIpc) is 2.66. The van der Waals surface area contributed by atoms with Crippen molar-refractivity contribution >= 4 is 11.8 Å². The van der Waals surface area contributed by atoms with Crippen LogP contribution in [0.3, 0.4) is 0 Å². The van der Waals surface area contributed by atoms with Crippen LogP contribution in [0.25, 0.3) is 0 Å². The van der Waals surface area contributed by atoms with Crippen molar-refractivity contribution in [2.75, 3.05) is 13.1 Å². The fourth-order valence-corrected chi connectivity index (χ4v) is 3.68. The smallest absolute Gasteiger partial charge is 0.225 e. The predicted octanol–water partition coefficient (Wildman–Crippen LogP) is 3.40. The molecule has 1 aliphatic heterocycles. The number of hydrogen-bond acceptors (Lipinski definition) is 2. The Morgan fingerprint density at radius 1 is 1.15 bits per heavy atom. The molecule has 2 amide bonds. The van der Waals surface area contributed by atoms with Crippen LogP contribution in [0.2, 0.25) is 0 Å². The molecule has 0 saturated carbocycles. The Bertz CT molecular complexity index is 837. The van der Waals surface area contributed by atoms with Crippen LogP contribution < -0.4 is 5.32 Å². The standard InChI is InChI=1S/C22H25FN2O2/c1-15-6-5-8-17(10-15)19-11-20(14-25(13-19)16(2)26)22(27)24-12-18-7-3-4-9-21(18)23/h3-10,19-20H,11-14H2,1-2H3,(H,24,27)/t19-,20-/m1/s1. The maximum absolute atomic E-state index is 13.8. The minimum absolute atomic E-state index is 0.0285. The Morgan fingerprint density at radius 2 is 1.93 bits per heavy atom. The van der Waals surface area contributed by atoms with Gasteiger partial charge in [-0.15, -0.1) is 0 Å². The second kappa shape index (κ2) is 8.33. The summed E-state index contributed by atoms with van der Waals surface area (Å²) < 4.78 is 13.8. The van der Waals surface area contributed by atoms with Gasteiger partial charge in [-0.3, -0.25) is 9.59 Å². The van der Waals surface area contributed by atoms with Crippen LogP contribution in [0.4, 0.5) is 4.39 Å². The number of nitrogens with one attached hydrogen (secondary N) is 1. The van der Waals surface area contributed by atoms with Crippen LogP contribution in [-0.4, -0.2) is 29.8 Å². The van der Waals surface area contributed by atoms with Gasteiger partial charge >= 0.3 is 0 Å². The predicted molar refractivity (Wildman–Crippen MR) is 103 cm³/mol. The number of aryl methyl sites for hydroxylation is 1. The molecule has 27 heavy (non-hydrogen) atoms. The van der Waals surface area contributed by atoms with Crippen molar-refractivity contribution in [2.45, 2.75) is 32.7 Å². The number of rotatable bonds is 4. The van der Waals surface area contributed by atoms with Crippen molar-refractivity contribution in [3.8, 4) is 0 Å². The highest BCUT2D eigenvalue weighted by Gasteiger charge is 2.33. The monoisotopic (exact) mass is 368 g/mol. The zero-order valence-corrected chi connectivity index (χ0v) is 15.7. The van der Waals surface area contributed by atoms with Gasteiger partial charge in [-0.05, 0) is 25.0 Å². The number of benzene rings is 2. The third kappa shape index (κ3) is 4.73. The number of piperidine rings is 1. The van der Waals surface area contributed by atoms with E-state index in [-0.39, 0.29) is 36.0 Å². The molecule has 0 aromatic heterocycles. The molecule has 0 aliphatic carbocycles. The Labute approximate surface area is 159 Å². The number of carbonyl (C=O) groups excluding carboxylic acids is 2. The molecule has 1 fully saturated rings. The first-order valence-corrected chi connectivity index (χ1v) is 9.27. The molecule has 2 aromatic carbocycles. The minimum Gasteiger partial charge on any atom is -0.352 e. The van der Waals surface area contributed by atoms with Crippen molar-refractivity contribution < 1.29 is 14.0 Å². The van der Waals surface area contributed by atoms with E-state index in [9.17, 15) is 14.0 Å². The Kier molecular flexibility index (Phi) is 5.89. The highest BCUT2D eigenvalue weighted by Crippen LogP contribution is 2.31. The van der Waals surface area contributed by atoms with Gasteiger partial charge in [0.05, 0.1) is 5.92 Å². The molecule has 5 heteroatoms. The van der Waals surface area contributed by atoms with Gasteiger partial charge in [-0.25, -0.2) is 4.39 Å². The van der Waals surface area contributed by atoms with Crippen molar-refractivity contribution in [2.24, 2.45) is 5.92 Å². The van der Waals surface area contributed by atoms with Crippen molar-refractivity contribution in [1.29, 1.82) is 0 Å². The number of carbonyl (C=O) groups is 2. The van der Waals surface area contributed by atoms with E-state index in [1.807, 2.05) is 19.1 Å². The molecule has 0 unspecified atom stereocenters. The van der Waals surface area contributed by atoms with Gasteiger partial charge in [0.25, 0.3) is 0 Å². The Balaban J connectivity index is 1.72. The van der Waals surface area contributed by atoms with E-state index in [0.29, 0.717) is 25.1 Å². The molecule has 1 saturated heterocycles.